The van der Waals surface area contributed by atoms with E-state index in [1.165, 1.54) is 45.1 Å². The smallest absolute Gasteiger partial charge is 0.0931 e. The quantitative estimate of drug-likeness (QED) is 0.809. The summed E-state index contributed by atoms with van der Waals surface area (Å²) in [5, 5.41) is 3.87. The Labute approximate surface area is 124 Å². The summed E-state index contributed by atoms with van der Waals surface area (Å²) >= 11 is 0. The van der Waals surface area contributed by atoms with Crippen molar-refractivity contribution in [3.05, 3.63) is 0 Å². The first-order valence-electron chi connectivity index (χ1n) is 8.24. The molecule has 1 saturated heterocycles. The molecule has 0 aromatic carbocycles. The minimum atomic E-state index is 0.188. The molecule has 2 fully saturated rings. The van der Waals surface area contributed by atoms with Crippen molar-refractivity contribution in [2.45, 2.75) is 63.1 Å². The Morgan fingerprint density at radius 1 is 1.25 bits per heavy atom. The van der Waals surface area contributed by atoms with Gasteiger partial charge in [-0.25, -0.2) is 0 Å². The molecule has 2 aliphatic rings. The highest BCUT2D eigenvalue weighted by atomic mass is 16.5. The third kappa shape index (κ3) is 3.94. The van der Waals surface area contributed by atoms with Gasteiger partial charge in [-0.1, -0.05) is 26.2 Å². The maximum Gasteiger partial charge on any atom is 0.0931 e. The van der Waals surface area contributed by atoms with Crippen LogP contribution in [0.2, 0.25) is 0 Å². The van der Waals surface area contributed by atoms with Gasteiger partial charge in [-0.15, -0.1) is 0 Å². The van der Waals surface area contributed by atoms with Crippen LogP contribution < -0.4 is 5.32 Å². The van der Waals surface area contributed by atoms with Crippen LogP contribution in [-0.4, -0.2) is 63.0 Å². The third-order valence-electron chi connectivity index (χ3n) is 5.14. The van der Waals surface area contributed by atoms with Crippen molar-refractivity contribution in [1.82, 2.24) is 10.2 Å². The molecular formula is C16H32N2O2. The molecule has 0 aromatic rings. The molecule has 1 aliphatic carbocycles. The average molecular weight is 284 g/mol. The largest absolute Gasteiger partial charge is 0.382 e. The van der Waals surface area contributed by atoms with Crippen LogP contribution in [0.3, 0.4) is 0 Å². The SMILES string of the molecule is CCC1CNC2(CCCCC2)CN1CC(COC)OC. The lowest BCUT2D eigenvalue weighted by Gasteiger charge is -2.50. The Balaban J connectivity index is 1.98. The van der Waals surface area contributed by atoms with Gasteiger partial charge in [0.2, 0.25) is 0 Å². The summed E-state index contributed by atoms with van der Waals surface area (Å²) in [6, 6.07) is 0.636. The second-order valence-corrected chi connectivity index (χ2v) is 6.53. The van der Waals surface area contributed by atoms with Gasteiger partial charge in [0.1, 0.15) is 0 Å². The number of methoxy groups -OCH3 is 2. The fourth-order valence-corrected chi connectivity index (χ4v) is 3.86. The van der Waals surface area contributed by atoms with Crippen molar-refractivity contribution >= 4 is 0 Å². The lowest BCUT2D eigenvalue weighted by molar-refractivity contribution is -0.0256. The van der Waals surface area contributed by atoms with Crippen molar-refractivity contribution in [1.29, 1.82) is 0 Å². The molecule has 4 nitrogen and oxygen atoms in total. The number of hydrogen-bond acceptors (Lipinski definition) is 4. The van der Waals surface area contributed by atoms with E-state index in [0.29, 0.717) is 18.2 Å². The summed E-state index contributed by atoms with van der Waals surface area (Å²) in [5.41, 5.74) is 0.370. The van der Waals surface area contributed by atoms with Crippen LogP contribution in [0.1, 0.15) is 45.4 Å². The monoisotopic (exact) mass is 284 g/mol. The predicted molar refractivity (Wildman–Crippen MR) is 82.1 cm³/mol. The van der Waals surface area contributed by atoms with E-state index in [2.05, 4.69) is 17.1 Å². The van der Waals surface area contributed by atoms with Gasteiger partial charge in [0, 0.05) is 45.4 Å². The van der Waals surface area contributed by atoms with Gasteiger partial charge in [0.05, 0.1) is 12.7 Å². The van der Waals surface area contributed by atoms with Gasteiger partial charge >= 0.3 is 0 Å². The van der Waals surface area contributed by atoms with Crippen molar-refractivity contribution in [2.24, 2.45) is 0 Å². The van der Waals surface area contributed by atoms with Crippen LogP contribution in [0, 0.1) is 0 Å². The molecule has 0 amide bonds. The topological polar surface area (TPSA) is 33.7 Å². The Hall–Kier alpha value is -0.160. The number of hydrogen-bond donors (Lipinski definition) is 1. The fraction of sp³-hybridized carbons (Fsp3) is 1.00. The molecule has 1 heterocycles. The molecule has 0 radical (unpaired) electrons. The highest BCUT2D eigenvalue weighted by Crippen LogP contribution is 2.32. The lowest BCUT2D eigenvalue weighted by Crippen LogP contribution is -2.65. The normalized spacial score (nSPS) is 28.6. The number of ether oxygens (including phenoxy) is 2. The summed E-state index contributed by atoms with van der Waals surface area (Å²) in [7, 11) is 3.55. The Bertz CT molecular complexity index is 280. The van der Waals surface area contributed by atoms with Gasteiger partial charge in [0.25, 0.3) is 0 Å². The first kappa shape index (κ1) is 16.2. The van der Waals surface area contributed by atoms with Gasteiger partial charge in [0.15, 0.2) is 0 Å². The molecule has 1 N–H and O–H groups in total. The maximum absolute atomic E-state index is 5.57. The summed E-state index contributed by atoms with van der Waals surface area (Å²) in [4.78, 5) is 2.65. The van der Waals surface area contributed by atoms with Crippen molar-refractivity contribution in [3.8, 4) is 0 Å². The zero-order valence-corrected chi connectivity index (χ0v) is 13.5. The number of nitrogens with zero attached hydrogens (tertiary/aromatic N) is 1. The van der Waals surface area contributed by atoms with Crippen LogP contribution >= 0.6 is 0 Å². The molecule has 2 unspecified atom stereocenters. The highest BCUT2D eigenvalue weighted by Gasteiger charge is 2.39. The Kier molecular flexibility index (Phi) is 6.27. The number of nitrogens with one attached hydrogen (secondary N) is 1. The zero-order valence-electron chi connectivity index (χ0n) is 13.5. The third-order valence-corrected chi connectivity index (χ3v) is 5.14. The van der Waals surface area contributed by atoms with Crippen LogP contribution in [-0.2, 0) is 9.47 Å². The average Bonchev–Trinajstić information content (AvgIpc) is 2.48. The predicted octanol–water partition coefficient (Wildman–Crippen LogP) is 2.03. The molecule has 1 spiro atoms. The standard InChI is InChI=1S/C16H32N2O2/c1-4-14-10-17-16(8-6-5-7-9-16)13-18(14)11-15(20-3)12-19-2/h14-15,17H,4-13H2,1-3H3. The molecule has 1 saturated carbocycles. The first-order valence-corrected chi connectivity index (χ1v) is 8.24. The van der Waals surface area contributed by atoms with Crippen LogP contribution in [0.25, 0.3) is 0 Å². The Morgan fingerprint density at radius 3 is 2.60 bits per heavy atom. The van der Waals surface area contributed by atoms with Gasteiger partial charge in [-0.3, -0.25) is 4.90 Å². The minimum absolute atomic E-state index is 0.188. The molecule has 2 rings (SSSR count). The molecule has 1 aliphatic heterocycles. The van der Waals surface area contributed by atoms with E-state index < -0.39 is 0 Å². The van der Waals surface area contributed by atoms with E-state index >= 15 is 0 Å². The molecule has 20 heavy (non-hydrogen) atoms. The lowest BCUT2D eigenvalue weighted by atomic mass is 9.79. The van der Waals surface area contributed by atoms with Crippen LogP contribution in [0.5, 0.6) is 0 Å². The van der Waals surface area contributed by atoms with Crippen molar-refractivity contribution < 1.29 is 9.47 Å². The summed E-state index contributed by atoms with van der Waals surface area (Å²) in [6.45, 7) is 6.27. The fourth-order valence-electron chi connectivity index (χ4n) is 3.86. The van der Waals surface area contributed by atoms with Gasteiger partial charge < -0.3 is 14.8 Å². The first-order chi connectivity index (χ1) is 9.73. The van der Waals surface area contributed by atoms with Gasteiger partial charge in [-0.05, 0) is 19.3 Å². The maximum atomic E-state index is 5.57. The summed E-state index contributed by atoms with van der Waals surface area (Å²) in [5.74, 6) is 0. The number of rotatable bonds is 6. The van der Waals surface area contributed by atoms with E-state index in [1.54, 1.807) is 14.2 Å². The Morgan fingerprint density at radius 2 is 2.00 bits per heavy atom. The minimum Gasteiger partial charge on any atom is -0.382 e. The van der Waals surface area contributed by atoms with Crippen molar-refractivity contribution in [2.75, 3.05) is 40.5 Å². The van der Waals surface area contributed by atoms with Crippen LogP contribution in [0.4, 0.5) is 0 Å². The van der Waals surface area contributed by atoms with E-state index in [9.17, 15) is 0 Å². The van der Waals surface area contributed by atoms with Crippen LogP contribution in [0.15, 0.2) is 0 Å². The number of piperazine rings is 1. The summed E-state index contributed by atoms with van der Waals surface area (Å²) < 4.78 is 10.8. The molecule has 0 aromatic heterocycles. The summed E-state index contributed by atoms with van der Waals surface area (Å²) in [6.07, 6.45) is 8.22. The molecule has 0 bridgehead atoms. The van der Waals surface area contributed by atoms with E-state index in [0.717, 1.165) is 13.1 Å². The zero-order chi connectivity index (χ0) is 14.4. The second kappa shape index (κ2) is 7.74. The second-order valence-electron chi connectivity index (χ2n) is 6.53. The van der Waals surface area contributed by atoms with E-state index in [4.69, 9.17) is 9.47 Å². The molecule has 118 valence electrons. The van der Waals surface area contributed by atoms with E-state index in [-0.39, 0.29) is 6.10 Å². The molecule has 4 heteroatoms. The van der Waals surface area contributed by atoms with E-state index in [1.807, 2.05) is 0 Å². The molecule has 2 atom stereocenters. The highest BCUT2D eigenvalue weighted by molar-refractivity contribution is 4.99. The van der Waals surface area contributed by atoms with Gasteiger partial charge in [-0.2, -0.15) is 0 Å². The molecular weight excluding hydrogens is 252 g/mol. The van der Waals surface area contributed by atoms with Crippen molar-refractivity contribution in [3.63, 3.8) is 0 Å².